The average molecular weight is 408 g/mol. The summed E-state index contributed by atoms with van der Waals surface area (Å²) in [4.78, 5) is 0. The van der Waals surface area contributed by atoms with Crippen LogP contribution in [0.1, 0.15) is 0 Å². The van der Waals surface area contributed by atoms with Crippen LogP contribution in [0.25, 0.3) is 21.5 Å². The minimum atomic E-state index is -1.68. The summed E-state index contributed by atoms with van der Waals surface area (Å²) in [6.45, 7) is 4.94. The Morgan fingerprint density at radius 1 is 0.625 bits per heavy atom. The molecule has 0 unspecified atom stereocenters. The zero-order valence-corrected chi connectivity index (χ0v) is 18.4. The molecular weight excluding hydrogens is 384 g/mol. The van der Waals surface area contributed by atoms with Crippen molar-refractivity contribution in [3.05, 3.63) is 87.6 Å². The number of hydrogen-bond donors (Lipinski definition) is 0. The normalized spacial score (nSPS) is 10.8. The molecule has 0 amide bonds. The van der Waals surface area contributed by atoms with E-state index in [9.17, 15) is 0 Å². The van der Waals surface area contributed by atoms with Gasteiger partial charge in [0.25, 0.3) is 0 Å². The van der Waals surface area contributed by atoms with Crippen molar-refractivity contribution in [2.45, 2.75) is 13.1 Å². The van der Waals surface area contributed by atoms with E-state index in [0.29, 0.717) is 0 Å². The van der Waals surface area contributed by atoms with E-state index in [4.69, 9.17) is 0 Å². The Hall–Kier alpha value is -1.24. The molecule has 0 aliphatic carbocycles. The van der Waals surface area contributed by atoms with E-state index in [1.165, 1.54) is 21.5 Å². The van der Waals surface area contributed by atoms with E-state index >= 15 is 0 Å². The van der Waals surface area contributed by atoms with Gasteiger partial charge in [0.15, 0.2) is 0 Å². The first-order chi connectivity index (χ1) is 10.2. The van der Waals surface area contributed by atoms with Crippen LogP contribution in [0.5, 0.6) is 0 Å². The average Bonchev–Trinajstić information content (AvgIpc) is 3.12. The van der Waals surface area contributed by atoms with Crippen LogP contribution in [0.15, 0.2) is 72.8 Å². The maximum absolute atomic E-state index is 2.47. The van der Waals surface area contributed by atoms with Gasteiger partial charge in [0, 0.05) is 8.07 Å². The largest absolute Gasteiger partial charge is 4.00 e. The van der Waals surface area contributed by atoms with Crippen molar-refractivity contribution in [1.29, 1.82) is 0 Å². The molecule has 4 aromatic rings. The summed E-state index contributed by atoms with van der Waals surface area (Å²) in [5.41, 5.74) is 0. The number of fused-ring (bicyclic) bond motifs is 2. The topological polar surface area (TPSA) is 0 Å². The van der Waals surface area contributed by atoms with Crippen molar-refractivity contribution < 1.29 is 26.2 Å². The van der Waals surface area contributed by atoms with Gasteiger partial charge in [-0.3, -0.25) is 0 Å². The molecule has 0 spiro atoms. The Morgan fingerprint density at radius 3 is 1.42 bits per heavy atom. The molecule has 4 aromatic carbocycles. The predicted octanol–water partition coefficient (Wildman–Crippen LogP) is 5.15. The summed E-state index contributed by atoms with van der Waals surface area (Å²) in [6, 6.07) is 26.7. The second-order valence-corrected chi connectivity index (χ2v) is 10.6. The first-order valence-electron chi connectivity index (χ1n) is 7.48. The summed E-state index contributed by atoms with van der Waals surface area (Å²) in [5.74, 6) is 0. The minimum absolute atomic E-state index is 0. The van der Waals surface area contributed by atoms with E-state index in [-0.39, 0.29) is 41.1 Å². The van der Waals surface area contributed by atoms with Crippen molar-refractivity contribution in [2.24, 2.45) is 0 Å². The fraction of sp³-hybridized carbons (Fsp3) is 0.0909. The maximum atomic E-state index is 2.47. The van der Waals surface area contributed by atoms with Crippen LogP contribution >= 0.6 is 0 Å². The Labute approximate surface area is 166 Å². The van der Waals surface area contributed by atoms with Crippen molar-refractivity contribution in [2.75, 3.05) is 0 Å². The molecule has 0 heterocycles. The quantitative estimate of drug-likeness (QED) is 0.318. The van der Waals surface area contributed by atoms with Gasteiger partial charge in [-0.15, -0.1) is 68.3 Å². The molecule has 0 saturated heterocycles. The van der Waals surface area contributed by atoms with E-state index in [0.717, 1.165) is 0 Å². The second-order valence-electron chi connectivity index (χ2n) is 6.29. The van der Waals surface area contributed by atoms with Gasteiger partial charge in [-0.2, -0.15) is 24.3 Å². The molecule has 0 aliphatic heterocycles. The molecule has 0 bridgehead atoms. The zero-order valence-electron chi connectivity index (χ0n) is 14.9. The van der Waals surface area contributed by atoms with E-state index in [2.05, 4.69) is 85.9 Å². The van der Waals surface area contributed by atoms with Crippen molar-refractivity contribution in [3.63, 3.8) is 0 Å². The maximum Gasteiger partial charge on any atom is 4.00 e. The van der Waals surface area contributed by atoms with Gasteiger partial charge in [0.2, 0.25) is 0 Å². The predicted molar refractivity (Wildman–Crippen MR) is 109 cm³/mol. The smallest absolute Gasteiger partial charge is 0.358 e. The summed E-state index contributed by atoms with van der Waals surface area (Å²) in [7, 11) is -1.68. The van der Waals surface area contributed by atoms with Crippen molar-refractivity contribution in [3.8, 4) is 0 Å². The molecule has 2 heteroatoms. The molecule has 24 heavy (non-hydrogen) atoms. The van der Waals surface area contributed by atoms with Crippen LogP contribution in [0.4, 0.5) is 0 Å². The third-order valence-electron chi connectivity index (χ3n) is 4.71. The van der Waals surface area contributed by atoms with Crippen LogP contribution in [0.3, 0.4) is 0 Å². The fourth-order valence-electron chi connectivity index (χ4n) is 3.54. The van der Waals surface area contributed by atoms with Crippen LogP contribution in [0, 0.1) is 14.9 Å². The number of benzene rings is 2. The Balaban J connectivity index is 0.000000960. The van der Waals surface area contributed by atoms with Gasteiger partial charge in [0.1, 0.15) is 0 Å². The van der Waals surface area contributed by atoms with Gasteiger partial charge in [-0.05, 0) is 0 Å². The monoisotopic (exact) mass is 406 g/mol. The Bertz CT molecular complexity index is 851. The van der Waals surface area contributed by atoms with Gasteiger partial charge in [0.05, 0.1) is 0 Å². The minimum Gasteiger partial charge on any atom is -0.358 e. The summed E-state index contributed by atoms with van der Waals surface area (Å²) in [5, 5.41) is 8.69. The third kappa shape index (κ3) is 3.15. The fourth-order valence-corrected chi connectivity index (χ4v) is 6.63. The standard InChI is InChI=1S/C20H18Si.2CH3.Zr/c1-21(2,19-13-11-15-7-3-5-9-17(15)19)20-14-12-16-8-4-6-10-18(16)20;;;/h3-14H,1-2H3;2*1H3;/q-2;2*-1;+4. The van der Waals surface area contributed by atoms with Crippen LogP contribution in [-0.2, 0) is 26.2 Å². The van der Waals surface area contributed by atoms with Gasteiger partial charge < -0.3 is 14.9 Å². The summed E-state index contributed by atoms with van der Waals surface area (Å²) in [6.07, 6.45) is 0. The molecule has 0 nitrogen and oxygen atoms in total. The molecule has 0 atom stereocenters. The van der Waals surface area contributed by atoms with Crippen LogP contribution in [-0.4, -0.2) is 8.07 Å². The second kappa shape index (κ2) is 7.76. The molecule has 0 saturated carbocycles. The molecular formula is C22H24SiZr. The molecule has 0 aromatic heterocycles. The van der Waals surface area contributed by atoms with Crippen molar-refractivity contribution in [1.82, 2.24) is 0 Å². The van der Waals surface area contributed by atoms with Gasteiger partial charge in [-0.25, -0.2) is 0 Å². The first-order valence-corrected chi connectivity index (χ1v) is 10.5. The molecule has 0 N–H and O–H groups in total. The van der Waals surface area contributed by atoms with E-state index < -0.39 is 8.07 Å². The van der Waals surface area contributed by atoms with E-state index in [1.54, 1.807) is 10.4 Å². The van der Waals surface area contributed by atoms with Crippen molar-refractivity contribution >= 4 is 40.0 Å². The van der Waals surface area contributed by atoms with Gasteiger partial charge in [-0.1, -0.05) is 25.2 Å². The number of rotatable bonds is 2. The summed E-state index contributed by atoms with van der Waals surface area (Å²) >= 11 is 0. The SMILES string of the molecule is C[Si](C)([c-]1ccc2ccccc21)[c-]1ccc2ccccc21.[CH3-].[CH3-].[Zr+4]. The zero-order chi connectivity index (χ0) is 14.4. The Morgan fingerprint density at radius 2 is 1.00 bits per heavy atom. The molecule has 0 aliphatic rings. The molecule has 120 valence electrons. The number of hydrogen-bond acceptors (Lipinski definition) is 0. The van der Waals surface area contributed by atoms with E-state index in [1.807, 2.05) is 0 Å². The first kappa shape index (κ1) is 20.8. The molecule has 0 radical (unpaired) electrons. The van der Waals surface area contributed by atoms with Gasteiger partial charge >= 0.3 is 26.2 Å². The van der Waals surface area contributed by atoms with Crippen LogP contribution in [0.2, 0.25) is 13.1 Å². The third-order valence-corrected chi connectivity index (χ3v) is 8.27. The molecule has 0 fully saturated rings. The Kier molecular flexibility index (Phi) is 6.73. The van der Waals surface area contributed by atoms with Crippen LogP contribution < -0.4 is 10.4 Å². The summed E-state index contributed by atoms with van der Waals surface area (Å²) < 4.78 is 0. The molecule has 4 rings (SSSR count).